The largest absolute Gasteiger partial charge is 0.416 e. The average molecular weight is 768 g/mol. The van der Waals surface area contributed by atoms with Crippen LogP contribution in [0.2, 0.25) is 0 Å². The second-order valence-corrected chi connectivity index (χ2v) is 14.3. The van der Waals surface area contributed by atoms with E-state index in [0.717, 1.165) is 66.5 Å². The van der Waals surface area contributed by atoms with Crippen molar-refractivity contribution in [1.29, 1.82) is 0 Å². The molecule has 0 saturated carbocycles. The van der Waals surface area contributed by atoms with Gasteiger partial charge in [0.1, 0.15) is 23.3 Å². The summed E-state index contributed by atoms with van der Waals surface area (Å²) in [6, 6.07) is 35.6. The fraction of sp³-hybridized carbons (Fsp3) is 0.109. The molecule has 0 atom stereocenters. The molecule has 10 aromatic rings. The molecule has 5 aromatic heterocycles. The van der Waals surface area contributed by atoms with Crippen molar-refractivity contribution in [3.05, 3.63) is 150 Å². The topological polar surface area (TPSA) is 100 Å². The molecule has 10 rings (SSSR count). The van der Waals surface area contributed by atoms with Gasteiger partial charge in [-0.25, -0.2) is 29.9 Å². The molecule has 282 valence electrons. The number of aryl methyl sites for hydroxylation is 4. The Bertz CT molecular complexity index is 3250. The standard InChI is InChI=1S/C46H32F3N9/c1-25-51-26(2)54-44(53-25)29-13-16-41-35(21-29)33-9-5-7-11-39(33)57(41)32-19-20-50-38(24-32)37-23-31(46(47,48)49)15-18-43(37)58-40-12-8-6-10-34(40)36-22-30(14-17-42(36)58)45-55-27(3)52-28(4)56-45/h5-24H,1-4H3. The van der Waals surface area contributed by atoms with Crippen molar-refractivity contribution in [3.8, 4) is 45.4 Å². The zero-order valence-electron chi connectivity index (χ0n) is 31.7. The number of benzene rings is 5. The van der Waals surface area contributed by atoms with Crippen molar-refractivity contribution in [1.82, 2.24) is 44.0 Å². The van der Waals surface area contributed by atoms with E-state index in [1.807, 2.05) is 117 Å². The molecule has 0 aliphatic heterocycles. The predicted octanol–water partition coefficient (Wildman–Crippen LogP) is 10.9. The van der Waals surface area contributed by atoms with Crippen LogP contribution in [0.4, 0.5) is 13.2 Å². The number of pyridine rings is 1. The summed E-state index contributed by atoms with van der Waals surface area (Å²) < 4.78 is 47.7. The van der Waals surface area contributed by atoms with Crippen LogP contribution in [0.25, 0.3) is 89.0 Å². The van der Waals surface area contributed by atoms with Gasteiger partial charge in [0.25, 0.3) is 0 Å². The number of rotatable bonds is 5. The highest BCUT2D eigenvalue weighted by Crippen LogP contribution is 2.41. The summed E-state index contributed by atoms with van der Waals surface area (Å²) in [5, 5.41) is 3.83. The van der Waals surface area contributed by atoms with Crippen LogP contribution < -0.4 is 0 Å². The van der Waals surface area contributed by atoms with Gasteiger partial charge >= 0.3 is 6.18 Å². The zero-order chi connectivity index (χ0) is 39.9. The summed E-state index contributed by atoms with van der Waals surface area (Å²) in [5.41, 5.74) is 6.39. The van der Waals surface area contributed by atoms with E-state index in [2.05, 4.69) is 46.6 Å². The van der Waals surface area contributed by atoms with E-state index in [0.29, 0.717) is 51.9 Å². The Morgan fingerprint density at radius 2 is 0.966 bits per heavy atom. The Kier molecular flexibility index (Phi) is 7.94. The van der Waals surface area contributed by atoms with E-state index in [1.165, 1.54) is 12.1 Å². The van der Waals surface area contributed by atoms with Crippen molar-refractivity contribution in [2.24, 2.45) is 0 Å². The summed E-state index contributed by atoms with van der Waals surface area (Å²) in [5.74, 6) is 3.65. The van der Waals surface area contributed by atoms with Crippen LogP contribution >= 0.6 is 0 Å². The van der Waals surface area contributed by atoms with E-state index in [-0.39, 0.29) is 0 Å². The molecule has 0 bridgehead atoms. The maximum atomic E-state index is 14.5. The minimum Gasteiger partial charge on any atom is -0.309 e. The Morgan fingerprint density at radius 1 is 0.466 bits per heavy atom. The van der Waals surface area contributed by atoms with Gasteiger partial charge in [-0.05, 0) is 107 Å². The highest BCUT2D eigenvalue weighted by molar-refractivity contribution is 6.12. The lowest BCUT2D eigenvalue weighted by atomic mass is 10.0. The maximum absolute atomic E-state index is 14.5. The summed E-state index contributed by atoms with van der Waals surface area (Å²) in [6.07, 6.45) is -2.93. The van der Waals surface area contributed by atoms with Gasteiger partial charge in [-0.1, -0.05) is 36.4 Å². The SMILES string of the molecule is Cc1nc(C)nc(-c2ccc3c(c2)c2ccccc2n3-c2ccnc(-c3cc(C(F)(F)F)ccc3-n3c4ccccc4c4cc(-c5nc(C)nc(C)n5)ccc43)c2)n1. The first kappa shape index (κ1) is 35.1. The minimum atomic E-state index is -4.58. The van der Waals surface area contributed by atoms with Crippen LogP contribution in [0.1, 0.15) is 28.9 Å². The molecular weight excluding hydrogens is 736 g/mol. The molecule has 0 unspecified atom stereocenters. The van der Waals surface area contributed by atoms with Crippen molar-refractivity contribution >= 4 is 43.6 Å². The molecule has 5 heterocycles. The number of nitrogens with zero attached hydrogens (tertiary/aromatic N) is 9. The first-order valence-corrected chi connectivity index (χ1v) is 18.6. The normalized spacial score (nSPS) is 12.1. The second-order valence-electron chi connectivity index (χ2n) is 14.3. The van der Waals surface area contributed by atoms with Crippen molar-refractivity contribution in [3.63, 3.8) is 0 Å². The summed E-state index contributed by atoms with van der Waals surface area (Å²) >= 11 is 0. The van der Waals surface area contributed by atoms with Gasteiger partial charge in [0.15, 0.2) is 11.6 Å². The Balaban J connectivity index is 1.18. The lowest BCUT2D eigenvalue weighted by Crippen LogP contribution is -2.07. The number of alkyl halides is 3. The molecule has 0 aliphatic carbocycles. The third kappa shape index (κ3) is 5.83. The Morgan fingerprint density at radius 3 is 1.52 bits per heavy atom. The number of aromatic nitrogens is 9. The number of halogens is 3. The summed E-state index contributed by atoms with van der Waals surface area (Å²) in [7, 11) is 0. The van der Waals surface area contributed by atoms with Crippen LogP contribution in [0.15, 0.2) is 121 Å². The first-order valence-electron chi connectivity index (χ1n) is 18.6. The van der Waals surface area contributed by atoms with Gasteiger partial charge in [0, 0.05) is 50.1 Å². The van der Waals surface area contributed by atoms with E-state index >= 15 is 0 Å². The molecule has 9 nitrogen and oxygen atoms in total. The third-order valence-corrected chi connectivity index (χ3v) is 10.4. The Hall–Kier alpha value is -7.34. The number of fused-ring (bicyclic) bond motifs is 6. The molecule has 0 aliphatic rings. The van der Waals surface area contributed by atoms with E-state index < -0.39 is 11.7 Å². The van der Waals surface area contributed by atoms with Crippen LogP contribution in [-0.2, 0) is 6.18 Å². The predicted molar refractivity (Wildman–Crippen MR) is 220 cm³/mol. The molecule has 0 radical (unpaired) electrons. The maximum Gasteiger partial charge on any atom is 0.416 e. The Labute approximate surface area is 329 Å². The third-order valence-electron chi connectivity index (χ3n) is 10.4. The fourth-order valence-corrected chi connectivity index (χ4v) is 8.07. The second kappa shape index (κ2) is 13.1. The minimum absolute atomic E-state index is 0.329. The lowest BCUT2D eigenvalue weighted by molar-refractivity contribution is -0.137. The molecule has 5 aromatic carbocycles. The van der Waals surface area contributed by atoms with Crippen LogP contribution in [0.5, 0.6) is 0 Å². The van der Waals surface area contributed by atoms with Gasteiger partial charge in [0.05, 0.1) is 39.0 Å². The molecule has 0 saturated heterocycles. The highest BCUT2D eigenvalue weighted by Gasteiger charge is 2.32. The molecule has 0 spiro atoms. The molecule has 0 amide bonds. The average Bonchev–Trinajstić information content (AvgIpc) is 3.72. The van der Waals surface area contributed by atoms with Crippen molar-refractivity contribution < 1.29 is 13.2 Å². The quantitative estimate of drug-likeness (QED) is 0.172. The van der Waals surface area contributed by atoms with Crippen molar-refractivity contribution in [2.45, 2.75) is 33.9 Å². The first-order chi connectivity index (χ1) is 28.0. The van der Waals surface area contributed by atoms with Crippen LogP contribution in [0, 0.1) is 27.7 Å². The molecule has 0 N–H and O–H groups in total. The fourth-order valence-electron chi connectivity index (χ4n) is 8.07. The van der Waals surface area contributed by atoms with Gasteiger partial charge in [-0.15, -0.1) is 0 Å². The molecule has 12 heteroatoms. The van der Waals surface area contributed by atoms with Gasteiger partial charge in [0.2, 0.25) is 0 Å². The monoisotopic (exact) mass is 767 g/mol. The van der Waals surface area contributed by atoms with Gasteiger partial charge in [-0.3, -0.25) is 4.98 Å². The highest BCUT2D eigenvalue weighted by atomic mass is 19.4. The molecule has 58 heavy (non-hydrogen) atoms. The number of para-hydroxylation sites is 2. The number of hydrogen-bond donors (Lipinski definition) is 0. The smallest absolute Gasteiger partial charge is 0.309 e. The van der Waals surface area contributed by atoms with Gasteiger partial charge in [-0.2, -0.15) is 13.2 Å². The van der Waals surface area contributed by atoms with Crippen LogP contribution in [0.3, 0.4) is 0 Å². The summed E-state index contributed by atoms with van der Waals surface area (Å²) in [4.78, 5) is 31.7. The van der Waals surface area contributed by atoms with Crippen molar-refractivity contribution in [2.75, 3.05) is 0 Å². The zero-order valence-corrected chi connectivity index (χ0v) is 31.7. The van der Waals surface area contributed by atoms with E-state index in [1.54, 1.807) is 6.20 Å². The number of hydrogen-bond acceptors (Lipinski definition) is 7. The van der Waals surface area contributed by atoms with E-state index in [9.17, 15) is 13.2 Å². The van der Waals surface area contributed by atoms with E-state index in [4.69, 9.17) is 4.98 Å². The van der Waals surface area contributed by atoms with Gasteiger partial charge < -0.3 is 9.13 Å². The summed E-state index contributed by atoms with van der Waals surface area (Å²) in [6.45, 7) is 7.35. The van der Waals surface area contributed by atoms with Crippen LogP contribution in [-0.4, -0.2) is 44.0 Å². The molecule has 0 fully saturated rings. The molecular formula is C46H32F3N9. The lowest BCUT2D eigenvalue weighted by Gasteiger charge is -2.17.